The van der Waals surface area contributed by atoms with Gasteiger partial charge in [0, 0.05) is 18.3 Å². The van der Waals surface area contributed by atoms with E-state index in [0.717, 1.165) is 12.0 Å². The number of hydrogen-bond acceptors (Lipinski definition) is 2. The predicted octanol–water partition coefficient (Wildman–Crippen LogP) is 3.83. The van der Waals surface area contributed by atoms with Crippen LogP contribution < -0.4 is 5.32 Å². The molecule has 2 rings (SSSR count). The monoisotopic (exact) mass is 241 g/mol. The zero-order chi connectivity index (χ0) is 11.1. The van der Waals surface area contributed by atoms with Crippen molar-refractivity contribution in [1.82, 2.24) is 5.32 Å². The van der Waals surface area contributed by atoms with Crippen LogP contribution in [0.5, 0.6) is 0 Å². The Balaban J connectivity index is 1.42. The van der Waals surface area contributed by atoms with E-state index in [1.165, 1.54) is 75.8 Å². The minimum Gasteiger partial charge on any atom is -0.313 e. The van der Waals surface area contributed by atoms with E-state index in [2.05, 4.69) is 17.1 Å². The summed E-state index contributed by atoms with van der Waals surface area (Å²) in [4.78, 5) is 0. The third-order valence-electron chi connectivity index (χ3n) is 4.11. The van der Waals surface area contributed by atoms with E-state index in [1.807, 2.05) is 0 Å². The fraction of sp³-hybridized carbons (Fsp3) is 1.00. The van der Waals surface area contributed by atoms with Crippen molar-refractivity contribution in [2.45, 2.75) is 63.8 Å². The van der Waals surface area contributed by atoms with Crippen LogP contribution in [0.15, 0.2) is 0 Å². The van der Waals surface area contributed by atoms with Crippen molar-refractivity contribution in [3.05, 3.63) is 0 Å². The average molecular weight is 241 g/mol. The first-order valence-corrected chi connectivity index (χ1v) is 8.42. The van der Waals surface area contributed by atoms with Crippen LogP contribution in [0.4, 0.5) is 0 Å². The minimum atomic E-state index is 0.848. The summed E-state index contributed by atoms with van der Waals surface area (Å²) >= 11 is 2.18. The highest BCUT2D eigenvalue weighted by Gasteiger charge is 2.15. The maximum atomic E-state index is 3.73. The summed E-state index contributed by atoms with van der Waals surface area (Å²) in [6.45, 7) is 1.24. The molecule has 0 aromatic carbocycles. The molecule has 0 aliphatic heterocycles. The predicted molar refractivity (Wildman–Crippen MR) is 74.2 cm³/mol. The standard InChI is InChI=1S/C14H27NS/c1-2-8-14(9-3-1)15-10-11-16-12-13-6-4-5-7-13/h13-15H,1-12H2. The average Bonchev–Trinajstić information content (AvgIpc) is 2.83. The Labute approximate surface area is 105 Å². The summed E-state index contributed by atoms with van der Waals surface area (Å²) in [5, 5.41) is 3.73. The van der Waals surface area contributed by atoms with Gasteiger partial charge in [-0.3, -0.25) is 0 Å². The molecule has 94 valence electrons. The molecule has 0 radical (unpaired) electrons. The molecule has 0 aromatic rings. The summed E-state index contributed by atoms with van der Waals surface area (Å²) < 4.78 is 0. The van der Waals surface area contributed by atoms with Gasteiger partial charge in [-0.2, -0.15) is 11.8 Å². The van der Waals surface area contributed by atoms with Gasteiger partial charge in [0.15, 0.2) is 0 Å². The Kier molecular flexibility index (Phi) is 6.06. The smallest absolute Gasteiger partial charge is 0.00673 e. The molecular formula is C14H27NS. The third-order valence-corrected chi connectivity index (χ3v) is 5.31. The van der Waals surface area contributed by atoms with Crippen LogP contribution in [0, 0.1) is 5.92 Å². The van der Waals surface area contributed by atoms with Gasteiger partial charge < -0.3 is 5.32 Å². The summed E-state index contributed by atoms with van der Waals surface area (Å²) in [5.41, 5.74) is 0. The van der Waals surface area contributed by atoms with Crippen molar-refractivity contribution in [3.63, 3.8) is 0 Å². The Morgan fingerprint density at radius 2 is 1.56 bits per heavy atom. The van der Waals surface area contributed by atoms with E-state index < -0.39 is 0 Å². The summed E-state index contributed by atoms with van der Waals surface area (Å²) in [6.07, 6.45) is 13.2. The second-order valence-electron chi connectivity index (χ2n) is 5.51. The molecule has 2 aliphatic rings. The third kappa shape index (κ3) is 4.67. The summed E-state index contributed by atoms with van der Waals surface area (Å²) in [5.74, 6) is 3.80. The van der Waals surface area contributed by atoms with Gasteiger partial charge >= 0.3 is 0 Å². The van der Waals surface area contributed by atoms with Gasteiger partial charge in [-0.15, -0.1) is 0 Å². The number of hydrogen-bond donors (Lipinski definition) is 1. The topological polar surface area (TPSA) is 12.0 Å². The zero-order valence-electron chi connectivity index (χ0n) is 10.5. The van der Waals surface area contributed by atoms with Gasteiger partial charge in [0.2, 0.25) is 0 Å². The Morgan fingerprint density at radius 1 is 0.875 bits per heavy atom. The van der Waals surface area contributed by atoms with Gasteiger partial charge in [0.25, 0.3) is 0 Å². The highest BCUT2D eigenvalue weighted by molar-refractivity contribution is 7.99. The zero-order valence-corrected chi connectivity index (χ0v) is 11.4. The van der Waals surface area contributed by atoms with Crippen LogP contribution in [0.2, 0.25) is 0 Å². The van der Waals surface area contributed by atoms with E-state index in [1.54, 1.807) is 0 Å². The van der Waals surface area contributed by atoms with E-state index in [4.69, 9.17) is 0 Å². The molecule has 0 unspecified atom stereocenters. The first-order valence-electron chi connectivity index (χ1n) is 7.26. The van der Waals surface area contributed by atoms with E-state index >= 15 is 0 Å². The van der Waals surface area contributed by atoms with Crippen molar-refractivity contribution < 1.29 is 0 Å². The molecule has 0 bridgehead atoms. The van der Waals surface area contributed by atoms with Crippen molar-refractivity contribution in [3.8, 4) is 0 Å². The molecule has 0 amide bonds. The molecule has 2 aliphatic carbocycles. The number of thioether (sulfide) groups is 1. The quantitative estimate of drug-likeness (QED) is 0.709. The van der Waals surface area contributed by atoms with Crippen LogP contribution in [0.3, 0.4) is 0 Å². The molecule has 0 spiro atoms. The summed E-state index contributed by atoms with van der Waals surface area (Å²) in [7, 11) is 0. The lowest BCUT2D eigenvalue weighted by molar-refractivity contribution is 0.381. The van der Waals surface area contributed by atoms with Crippen LogP contribution >= 0.6 is 11.8 Å². The Hall–Kier alpha value is 0.310. The summed E-state index contributed by atoms with van der Waals surface area (Å²) in [6, 6.07) is 0.848. The molecule has 0 aromatic heterocycles. The highest BCUT2D eigenvalue weighted by Crippen LogP contribution is 2.27. The largest absolute Gasteiger partial charge is 0.313 e. The lowest BCUT2D eigenvalue weighted by Crippen LogP contribution is -2.32. The molecule has 0 heterocycles. The first-order chi connectivity index (χ1) is 7.95. The maximum Gasteiger partial charge on any atom is 0.00673 e. The molecule has 1 nitrogen and oxygen atoms in total. The molecule has 0 saturated heterocycles. The fourth-order valence-electron chi connectivity index (χ4n) is 3.07. The number of nitrogens with one attached hydrogen (secondary N) is 1. The highest BCUT2D eigenvalue weighted by atomic mass is 32.2. The van der Waals surface area contributed by atoms with Crippen LogP contribution in [-0.2, 0) is 0 Å². The van der Waals surface area contributed by atoms with Crippen molar-refractivity contribution in [1.29, 1.82) is 0 Å². The minimum absolute atomic E-state index is 0.848. The van der Waals surface area contributed by atoms with Gasteiger partial charge in [-0.25, -0.2) is 0 Å². The second kappa shape index (κ2) is 7.60. The Bertz CT molecular complexity index is 172. The van der Waals surface area contributed by atoms with Gasteiger partial charge in [-0.1, -0.05) is 32.1 Å². The van der Waals surface area contributed by atoms with E-state index in [-0.39, 0.29) is 0 Å². The normalized spacial score (nSPS) is 24.0. The molecule has 2 heteroatoms. The fourth-order valence-corrected chi connectivity index (χ4v) is 4.16. The maximum absolute atomic E-state index is 3.73. The lowest BCUT2D eigenvalue weighted by Gasteiger charge is -2.22. The van der Waals surface area contributed by atoms with Gasteiger partial charge in [0.1, 0.15) is 0 Å². The van der Waals surface area contributed by atoms with Crippen molar-refractivity contribution in [2.75, 3.05) is 18.1 Å². The van der Waals surface area contributed by atoms with Gasteiger partial charge in [0.05, 0.1) is 0 Å². The van der Waals surface area contributed by atoms with Crippen molar-refractivity contribution in [2.24, 2.45) is 5.92 Å². The molecule has 2 saturated carbocycles. The van der Waals surface area contributed by atoms with E-state index in [0.29, 0.717) is 0 Å². The SMILES string of the molecule is C1CCC(NCCSCC2CCCC2)CC1. The molecule has 16 heavy (non-hydrogen) atoms. The van der Waals surface area contributed by atoms with Crippen LogP contribution in [-0.4, -0.2) is 24.1 Å². The van der Waals surface area contributed by atoms with Crippen LogP contribution in [0.1, 0.15) is 57.8 Å². The first kappa shape index (κ1) is 12.8. The second-order valence-corrected chi connectivity index (χ2v) is 6.66. The van der Waals surface area contributed by atoms with Crippen LogP contribution in [0.25, 0.3) is 0 Å². The lowest BCUT2D eigenvalue weighted by atomic mass is 9.96. The number of rotatable bonds is 6. The van der Waals surface area contributed by atoms with Crippen molar-refractivity contribution >= 4 is 11.8 Å². The van der Waals surface area contributed by atoms with Gasteiger partial charge in [-0.05, 0) is 37.4 Å². The Morgan fingerprint density at radius 3 is 2.31 bits per heavy atom. The molecule has 2 fully saturated rings. The van der Waals surface area contributed by atoms with E-state index in [9.17, 15) is 0 Å². The molecular weight excluding hydrogens is 214 g/mol. The molecule has 1 N–H and O–H groups in total. The molecule has 0 atom stereocenters.